The number of carbonyl (C=O) groups is 1. The lowest BCUT2D eigenvalue weighted by Crippen LogP contribution is -2.37. The lowest BCUT2D eigenvalue weighted by molar-refractivity contribution is 0.0523. The number of hydrogen-bond acceptors (Lipinski definition) is 4. The molecule has 18 heavy (non-hydrogen) atoms. The van der Waals surface area contributed by atoms with E-state index in [-0.39, 0.29) is 12.7 Å². The van der Waals surface area contributed by atoms with E-state index in [2.05, 4.69) is 10.2 Å². The molecule has 0 aromatic rings. The van der Waals surface area contributed by atoms with Gasteiger partial charge in [-0.05, 0) is 53.6 Å². The molecule has 1 amide bonds. The van der Waals surface area contributed by atoms with Gasteiger partial charge in [-0.3, -0.25) is 0 Å². The predicted octanol–water partition coefficient (Wildman–Crippen LogP) is 1.61. The standard InChI is InChI=1S/C13H28N2O3/c1-13(2,3)18-12(17)14-8-10-15(4)9-6-5-7-11-16/h16H,5-11H2,1-4H3,(H,14,17). The van der Waals surface area contributed by atoms with Crippen LogP contribution in [0.4, 0.5) is 4.79 Å². The predicted molar refractivity (Wildman–Crippen MR) is 72.7 cm³/mol. The van der Waals surface area contributed by atoms with Gasteiger partial charge in [0.25, 0.3) is 0 Å². The first-order valence-electron chi connectivity index (χ1n) is 6.61. The van der Waals surface area contributed by atoms with E-state index in [1.54, 1.807) is 0 Å². The summed E-state index contributed by atoms with van der Waals surface area (Å²) in [6, 6.07) is 0. The smallest absolute Gasteiger partial charge is 0.407 e. The molecule has 0 saturated carbocycles. The van der Waals surface area contributed by atoms with Crippen LogP contribution >= 0.6 is 0 Å². The summed E-state index contributed by atoms with van der Waals surface area (Å²) < 4.78 is 5.14. The quantitative estimate of drug-likeness (QED) is 0.651. The average Bonchev–Trinajstić information content (AvgIpc) is 2.22. The van der Waals surface area contributed by atoms with Gasteiger partial charge in [0.05, 0.1) is 0 Å². The molecule has 0 bridgehead atoms. The molecule has 0 aromatic heterocycles. The normalized spacial score (nSPS) is 11.7. The van der Waals surface area contributed by atoms with Crippen LogP contribution in [-0.4, -0.2) is 55.0 Å². The first kappa shape index (κ1) is 17.2. The van der Waals surface area contributed by atoms with Crippen molar-refractivity contribution in [3.8, 4) is 0 Å². The number of alkyl carbamates (subject to hydrolysis) is 1. The second-order valence-corrected chi connectivity index (χ2v) is 5.52. The van der Waals surface area contributed by atoms with Crippen molar-refractivity contribution >= 4 is 6.09 Å². The van der Waals surface area contributed by atoms with Gasteiger partial charge < -0.3 is 20.1 Å². The van der Waals surface area contributed by atoms with Crippen LogP contribution in [0.1, 0.15) is 40.0 Å². The molecule has 108 valence electrons. The van der Waals surface area contributed by atoms with Gasteiger partial charge in [-0.25, -0.2) is 4.79 Å². The van der Waals surface area contributed by atoms with Crippen LogP contribution in [-0.2, 0) is 4.74 Å². The fourth-order valence-corrected chi connectivity index (χ4v) is 1.45. The maximum Gasteiger partial charge on any atom is 0.407 e. The van der Waals surface area contributed by atoms with Crippen LogP contribution in [0.2, 0.25) is 0 Å². The third kappa shape index (κ3) is 11.7. The lowest BCUT2D eigenvalue weighted by atomic mass is 10.2. The highest BCUT2D eigenvalue weighted by molar-refractivity contribution is 5.67. The highest BCUT2D eigenvalue weighted by Gasteiger charge is 2.15. The van der Waals surface area contributed by atoms with E-state index in [1.807, 2.05) is 27.8 Å². The summed E-state index contributed by atoms with van der Waals surface area (Å²) in [6.07, 6.45) is 2.62. The maximum atomic E-state index is 11.4. The van der Waals surface area contributed by atoms with E-state index >= 15 is 0 Å². The van der Waals surface area contributed by atoms with Gasteiger partial charge in [-0.15, -0.1) is 0 Å². The zero-order valence-corrected chi connectivity index (χ0v) is 12.2. The Labute approximate surface area is 110 Å². The third-order valence-electron chi connectivity index (χ3n) is 2.36. The molecule has 0 heterocycles. The second-order valence-electron chi connectivity index (χ2n) is 5.52. The Morgan fingerprint density at radius 3 is 2.44 bits per heavy atom. The first-order chi connectivity index (χ1) is 8.35. The summed E-state index contributed by atoms with van der Waals surface area (Å²) >= 11 is 0. The summed E-state index contributed by atoms with van der Waals surface area (Å²) in [7, 11) is 2.02. The van der Waals surface area contributed by atoms with Crippen molar-refractivity contribution in [1.29, 1.82) is 0 Å². The Balaban J connectivity index is 3.50. The SMILES string of the molecule is CN(CCCCCO)CCNC(=O)OC(C)(C)C. The van der Waals surface area contributed by atoms with Crippen LogP contribution in [0, 0.1) is 0 Å². The highest BCUT2D eigenvalue weighted by atomic mass is 16.6. The molecule has 0 saturated heterocycles. The second kappa shape index (κ2) is 9.16. The fourth-order valence-electron chi connectivity index (χ4n) is 1.45. The lowest BCUT2D eigenvalue weighted by Gasteiger charge is -2.21. The van der Waals surface area contributed by atoms with Gasteiger partial charge in [0, 0.05) is 19.7 Å². The Hall–Kier alpha value is -0.810. The Morgan fingerprint density at radius 1 is 1.22 bits per heavy atom. The van der Waals surface area contributed by atoms with Crippen molar-refractivity contribution < 1.29 is 14.6 Å². The third-order valence-corrected chi connectivity index (χ3v) is 2.36. The number of hydrogen-bond donors (Lipinski definition) is 2. The molecule has 0 aromatic carbocycles. The van der Waals surface area contributed by atoms with Crippen LogP contribution in [0.3, 0.4) is 0 Å². The van der Waals surface area contributed by atoms with E-state index in [0.29, 0.717) is 6.54 Å². The van der Waals surface area contributed by atoms with Gasteiger partial charge in [0.15, 0.2) is 0 Å². The minimum atomic E-state index is -0.444. The number of aliphatic hydroxyl groups excluding tert-OH is 1. The number of unbranched alkanes of at least 4 members (excludes halogenated alkanes) is 2. The molecular weight excluding hydrogens is 232 g/mol. The number of ether oxygens (including phenoxy) is 1. The van der Waals surface area contributed by atoms with Crippen LogP contribution < -0.4 is 5.32 Å². The Kier molecular flexibility index (Phi) is 8.75. The summed E-state index contributed by atoms with van der Waals surface area (Å²) in [5.41, 5.74) is -0.444. The number of rotatable bonds is 8. The largest absolute Gasteiger partial charge is 0.444 e. The summed E-state index contributed by atoms with van der Waals surface area (Å²) in [6.45, 7) is 8.18. The number of carbonyl (C=O) groups excluding carboxylic acids is 1. The summed E-state index contributed by atoms with van der Waals surface area (Å²) in [5.74, 6) is 0. The number of aliphatic hydroxyl groups is 1. The van der Waals surface area contributed by atoms with E-state index in [9.17, 15) is 4.79 Å². The van der Waals surface area contributed by atoms with Crippen LogP contribution in [0.15, 0.2) is 0 Å². The van der Waals surface area contributed by atoms with Crippen molar-refractivity contribution in [2.45, 2.75) is 45.6 Å². The molecule has 0 radical (unpaired) electrons. The van der Waals surface area contributed by atoms with E-state index in [4.69, 9.17) is 9.84 Å². The van der Waals surface area contributed by atoms with Gasteiger partial charge in [0.2, 0.25) is 0 Å². The maximum absolute atomic E-state index is 11.4. The van der Waals surface area contributed by atoms with Gasteiger partial charge in [-0.1, -0.05) is 0 Å². The summed E-state index contributed by atoms with van der Waals surface area (Å²) in [5, 5.41) is 11.4. The number of likely N-dealkylation sites (N-methyl/N-ethyl adjacent to an activating group) is 1. The number of nitrogens with zero attached hydrogens (tertiary/aromatic N) is 1. The average molecular weight is 260 g/mol. The zero-order valence-electron chi connectivity index (χ0n) is 12.2. The van der Waals surface area contributed by atoms with Crippen molar-refractivity contribution in [1.82, 2.24) is 10.2 Å². The monoisotopic (exact) mass is 260 g/mol. The van der Waals surface area contributed by atoms with Crippen molar-refractivity contribution in [3.05, 3.63) is 0 Å². The number of nitrogens with one attached hydrogen (secondary N) is 1. The Bertz CT molecular complexity index is 227. The first-order valence-corrected chi connectivity index (χ1v) is 6.61. The molecule has 0 spiro atoms. The van der Waals surface area contributed by atoms with E-state index in [1.165, 1.54) is 0 Å². The molecule has 0 aliphatic rings. The molecule has 5 heteroatoms. The van der Waals surface area contributed by atoms with Crippen LogP contribution in [0.25, 0.3) is 0 Å². The van der Waals surface area contributed by atoms with Gasteiger partial charge in [0.1, 0.15) is 5.60 Å². The molecule has 0 rings (SSSR count). The van der Waals surface area contributed by atoms with Crippen LogP contribution in [0.5, 0.6) is 0 Å². The van der Waals surface area contributed by atoms with E-state index < -0.39 is 5.60 Å². The van der Waals surface area contributed by atoms with Gasteiger partial charge in [-0.2, -0.15) is 0 Å². The van der Waals surface area contributed by atoms with E-state index in [0.717, 1.165) is 32.4 Å². The van der Waals surface area contributed by atoms with Crippen molar-refractivity contribution in [3.63, 3.8) is 0 Å². The Morgan fingerprint density at radius 2 is 1.89 bits per heavy atom. The topological polar surface area (TPSA) is 61.8 Å². The minimum Gasteiger partial charge on any atom is -0.444 e. The van der Waals surface area contributed by atoms with Gasteiger partial charge >= 0.3 is 6.09 Å². The number of amides is 1. The fraction of sp³-hybridized carbons (Fsp3) is 0.923. The molecule has 0 aliphatic carbocycles. The zero-order chi connectivity index (χ0) is 14.0. The molecule has 5 nitrogen and oxygen atoms in total. The highest BCUT2D eigenvalue weighted by Crippen LogP contribution is 2.06. The molecule has 2 N–H and O–H groups in total. The minimum absolute atomic E-state index is 0.268. The molecule has 0 unspecified atom stereocenters. The van der Waals surface area contributed by atoms with Crippen molar-refractivity contribution in [2.75, 3.05) is 33.3 Å². The molecule has 0 fully saturated rings. The molecule has 0 aliphatic heterocycles. The molecular formula is C13H28N2O3. The summed E-state index contributed by atoms with van der Waals surface area (Å²) in [4.78, 5) is 13.5. The van der Waals surface area contributed by atoms with Crippen molar-refractivity contribution in [2.24, 2.45) is 0 Å². The molecule has 0 atom stereocenters.